The second kappa shape index (κ2) is 6.03. The fraction of sp³-hybridized carbons (Fsp3) is 0.467. The van der Waals surface area contributed by atoms with Gasteiger partial charge >= 0.3 is 0 Å². The molecular weight excluding hydrogens is 288 g/mol. The highest BCUT2D eigenvalue weighted by atomic mass is 35.5. The molecule has 3 rings (SSSR count). The minimum Gasteiger partial charge on any atom is -0.383 e. The summed E-state index contributed by atoms with van der Waals surface area (Å²) in [5.74, 6) is 1.37. The van der Waals surface area contributed by atoms with Crippen LogP contribution < -0.4 is 5.32 Å². The number of nitrogens with one attached hydrogen (secondary N) is 1. The Hall–Kier alpha value is -1.59. The van der Waals surface area contributed by atoms with Crippen LogP contribution in [-0.2, 0) is 11.8 Å². The standard InChI is InChI=1S/C15H19ClN4O/c1-10-13(16)12(3-5-17-10)19-9-11-4-8-21-14(11)15-18-6-7-20(15)2/h3,5-7,11,14H,4,8-9H2,1-2H3,(H,17,19)/t11-,14+/m0/s1. The molecule has 6 heteroatoms. The number of ether oxygens (including phenoxy) is 1. The first-order chi connectivity index (χ1) is 10.2. The van der Waals surface area contributed by atoms with E-state index in [0.717, 1.165) is 36.8 Å². The molecule has 0 aliphatic carbocycles. The van der Waals surface area contributed by atoms with E-state index in [9.17, 15) is 0 Å². The van der Waals surface area contributed by atoms with Gasteiger partial charge in [0.2, 0.25) is 0 Å². The number of anilines is 1. The lowest BCUT2D eigenvalue weighted by molar-refractivity contribution is 0.0839. The van der Waals surface area contributed by atoms with Crippen molar-refractivity contribution < 1.29 is 4.74 Å². The van der Waals surface area contributed by atoms with E-state index in [1.54, 1.807) is 6.20 Å². The van der Waals surface area contributed by atoms with Crippen molar-refractivity contribution in [1.82, 2.24) is 14.5 Å². The Morgan fingerprint density at radius 1 is 1.43 bits per heavy atom. The van der Waals surface area contributed by atoms with E-state index >= 15 is 0 Å². The maximum atomic E-state index is 6.27. The number of pyridine rings is 1. The molecule has 0 amide bonds. The molecule has 3 heterocycles. The summed E-state index contributed by atoms with van der Waals surface area (Å²) in [5.41, 5.74) is 1.76. The van der Waals surface area contributed by atoms with Crippen molar-refractivity contribution in [2.75, 3.05) is 18.5 Å². The average molecular weight is 307 g/mol. The van der Waals surface area contributed by atoms with Gasteiger partial charge in [-0.05, 0) is 19.4 Å². The summed E-state index contributed by atoms with van der Waals surface area (Å²) < 4.78 is 7.88. The summed E-state index contributed by atoms with van der Waals surface area (Å²) in [4.78, 5) is 8.59. The summed E-state index contributed by atoms with van der Waals surface area (Å²) in [6, 6.07) is 1.90. The van der Waals surface area contributed by atoms with Crippen LogP contribution in [0.5, 0.6) is 0 Å². The van der Waals surface area contributed by atoms with Crippen LogP contribution in [0.2, 0.25) is 5.02 Å². The van der Waals surface area contributed by atoms with Gasteiger partial charge in [-0.1, -0.05) is 11.6 Å². The van der Waals surface area contributed by atoms with E-state index in [1.807, 2.05) is 37.0 Å². The van der Waals surface area contributed by atoms with E-state index in [1.165, 1.54) is 0 Å². The predicted octanol–water partition coefficient (Wildman–Crippen LogP) is 2.97. The molecule has 0 bridgehead atoms. The third-order valence-corrected chi connectivity index (χ3v) is 4.42. The van der Waals surface area contributed by atoms with E-state index in [-0.39, 0.29) is 6.10 Å². The maximum Gasteiger partial charge on any atom is 0.138 e. The number of imidazole rings is 1. The molecule has 1 aliphatic rings. The highest BCUT2D eigenvalue weighted by Gasteiger charge is 2.32. The van der Waals surface area contributed by atoms with E-state index in [2.05, 4.69) is 15.3 Å². The van der Waals surface area contributed by atoms with E-state index < -0.39 is 0 Å². The zero-order valence-corrected chi connectivity index (χ0v) is 13.0. The van der Waals surface area contributed by atoms with Crippen molar-refractivity contribution in [3.63, 3.8) is 0 Å². The first-order valence-corrected chi connectivity index (χ1v) is 7.48. The summed E-state index contributed by atoms with van der Waals surface area (Å²) in [6.07, 6.45) is 6.59. The van der Waals surface area contributed by atoms with Crippen LogP contribution in [0.15, 0.2) is 24.7 Å². The molecular formula is C15H19ClN4O. The van der Waals surface area contributed by atoms with Crippen molar-refractivity contribution in [2.45, 2.75) is 19.4 Å². The molecule has 2 atom stereocenters. The molecule has 21 heavy (non-hydrogen) atoms. The van der Waals surface area contributed by atoms with Crippen molar-refractivity contribution in [2.24, 2.45) is 13.0 Å². The normalized spacial score (nSPS) is 21.7. The van der Waals surface area contributed by atoms with E-state index in [4.69, 9.17) is 16.3 Å². The number of hydrogen-bond acceptors (Lipinski definition) is 4. The lowest BCUT2D eigenvalue weighted by Crippen LogP contribution is -2.20. The second-order valence-electron chi connectivity index (χ2n) is 5.38. The largest absolute Gasteiger partial charge is 0.383 e. The van der Waals surface area contributed by atoms with Crippen LogP contribution in [0.25, 0.3) is 0 Å². The van der Waals surface area contributed by atoms with Gasteiger partial charge in [0.25, 0.3) is 0 Å². The average Bonchev–Trinajstić information content (AvgIpc) is 3.08. The SMILES string of the molecule is Cc1nccc(NC[C@@H]2CCO[C@H]2c2nccn2C)c1Cl. The van der Waals surface area contributed by atoms with Crippen LogP contribution >= 0.6 is 11.6 Å². The van der Waals surface area contributed by atoms with Crippen LogP contribution in [0, 0.1) is 12.8 Å². The monoisotopic (exact) mass is 306 g/mol. The molecule has 0 saturated carbocycles. The first-order valence-electron chi connectivity index (χ1n) is 7.10. The molecule has 1 N–H and O–H groups in total. The topological polar surface area (TPSA) is 52.0 Å². The molecule has 0 radical (unpaired) electrons. The molecule has 1 saturated heterocycles. The summed E-state index contributed by atoms with van der Waals surface area (Å²) in [5, 5.41) is 4.10. The lowest BCUT2D eigenvalue weighted by Gasteiger charge is -2.19. The van der Waals surface area contributed by atoms with Gasteiger partial charge in [-0.2, -0.15) is 0 Å². The minimum atomic E-state index is 0.0409. The smallest absolute Gasteiger partial charge is 0.138 e. The molecule has 0 spiro atoms. The Kier molecular flexibility index (Phi) is 4.12. The Morgan fingerprint density at radius 2 is 2.29 bits per heavy atom. The highest BCUT2D eigenvalue weighted by Crippen LogP contribution is 2.34. The van der Waals surface area contributed by atoms with Crippen molar-refractivity contribution >= 4 is 17.3 Å². The molecule has 2 aromatic rings. The minimum absolute atomic E-state index is 0.0409. The molecule has 1 aliphatic heterocycles. The fourth-order valence-electron chi connectivity index (χ4n) is 2.71. The molecule has 0 unspecified atom stereocenters. The highest BCUT2D eigenvalue weighted by molar-refractivity contribution is 6.33. The predicted molar refractivity (Wildman–Crippen MR) is 82.5 cm³/mol. The van der Waals surface area contributed by atoms with Gasteiger partial charge in [-0.15, -0.1) is 0 Å². The fourth-order valence-corrected chi connectivity index (χ4v) is 2.88. The van der Waals surface area contributed by atoms with Gasteiger partial charge in [0.1, 0.15) is 11.9 Å². The quantitative estimate of drug-likeness (QED) is 0.943. The molecule has 1 fully saturated rings. The second-order valence-corrected chi connectivity index (χ2v) is 5.75. The zero-order valence-electron chi connectivity index (χ0n) is 12.2. The zero-order chi connectivity index (χ0) is 14.8. The van der Waals surface area contributed by atoms with Gasteiger partial charge in [0.05, 0.1) is 16.4 Å². The molecule has 0 aromatic carbocycles. The number of hydrogen-bond donors (Lipinski definition) is 1. The Bertz CT molecular complexity index is 628. The van der Waals surface area contributed by atoms with Crippen LogP contribution in [-0.4, -0.2) is 27.7 Å². The van der Waals surface area contributed by atoms with Crippen LogP contribution in [0.4, 0.5) is 5.69 Å². The third-order valence-electron chi connectivity index (χ3n) is 3.95. The van der Waals surface area contributed by atoms with Crippen molar-refractivity contribution in [3.05, 3.63) is 41.2 Å². The van der Waals surface area contributed by atoms with E-state index in [0.29, 0.717) is 10.9 Å². The molecule has 2 aromatic heterocycles. The maximum absolute atomic E-state index is 6.27. The lowest BCUT2D eigenvalue weighted by atomic mass is 10.0. The van der Waals surface area contributed by atoms with Gasteiger partial charge < -0.3 is 14.6 Å². The van der Waals surface area contributed by atoms with Crippen molar-refractivity contribution in [1.29, 1.82) is 0 Å². The third kappa shape index (κ3) is 2.89. The number of aromatic nitrogens is 3. The number of halogens is 1. The summed E-state index contributed by atoms with van der Waals surface area (Å²) in [6.45, 7) is 3.48. The van der Waals surface area contributed by atoms with Gasteiger partial charge in [-0.25, -0.2) is 4.98 Å². The van der Waals surface area contributed by atoms with Crippen LogP contribution in [0.1, 0.15) is 24.0 Å². The van der Waals surface area contributed by atoms with Gasteiger partial charge in [-0.3, -0.25) is 4.98 Å². The Balaban J connectivity index is 1.70. The number of nitrogens with zero attached hydrogens (tertiary/aromatic N) is 3. The Labute approximate surface area is 129 Å². The van der Waals surface area contributed by atoms with Gasteiger partial charge in [0.15, 0.2) is 0 Å². The van der Waals surface area contributed by atoms with Crippen LogP contribution in [0.3, 0.4) is 0 Å². The summed E-state index contributed by atoms with van der Waals surface area (Å²) in [7, 11) is 2.00. The van der Waals surface area contributed by atoms with Crippen molar-refractivity contribution in [3.8, 4) is 0 Å². The Morgan fingerprint density at radius 3 is 3.05 bits per heavy atom. The van der Waals surface area contributed by atoms with Gasteiger partial charge in [0, 0.05) is 44.7 Å². The number of rotatable bonds is 4. The number of aryl methyl sites for hydroxylation is 2. The molecule has 112 valence electrons. The first kappa shape index (κ1) is 14.4. The summed E-state index contributed by atoms with van der Waals surface area (Å²) >= 11 is 6.27. The molecule has 5 nitrogen and oxygen atoms in total.